The quantitative estimate of drug-likeness (QED) is 0.158. The molecule has 15 heteroatoms. The van der Waals surface area contributed by atoms with Crippen LogP contribution in [0, 0.1) is 6.92 Å². The number of aliphatic imine (C=N–C) groups is 1. The number of aryl methyl sites for hydroxylation is 1. The van der Waals surface area contributed by atoms with Crippen molar-refractivity contribution in [3.05, 3.63) is 104 Å². The molecule has 2 amide bonds. The van der Waals surface area contributed by atoms with Gasteiger partial charge >= 0.3 is 6.09 Å². The largest absolute Gasteiger partial charge is 0.481 e. The smallest absolute Gasteiger partial charge is 0.407 e. The number of nitrogens with one attached hydrogen (secondary N) is 2. The van der Waals surface area contributed by atoms with Crippen LogP contribution in [0.25, 0.3) is 39.2 Å². The van der Waals surface area contributed by atoms with Crippen molar-refractivity contribution in [2.24, 2.45) is 4.99 Å². The maximum atomic E-state index is 13.5. The van der Waals surface area contributed by atoms with Gasteiger partial charge in [-0.1, -0.05) is 59.6 Å². The molecule has 53 heavy (non-hydrogen) atoms. The fourth-order valence-electron chi connectivity index (χ4n) is 6.70. The van der Waals surface area contributed by atoms with Crippen LogP contribution in [0.3, 0.4) is 0 Å². The van der Waals surface area contributed by atoms with Gasteiger partial charge in [0, 0.05) is 59.6 Å². The summed E-state index contributed by atoms with van der Waals surface area (Å²) >= 11 is 14.2. The molecule has 2 aliphatic heterocycles. The highest BCUT2D eigenvalue weighted by Crippen LogP contribution is 2.42. The zero-order valence-corrected chi connectivity index (χ0v) is 30.3. The first-order valence-electron chi connectivity index (χ1n) is 16.9. The zero-order chi connectivity index (χ0) is 37.4. The van der Waals surface area contributed by atoms with E-state index in [4.69, 9.17) is 37.9 Å². The second kappa shape index (κ2) is 14.9. The Balaban J connectivity index is 1.19. The fraction of sp³-hybridized carbons (Fsp3) is 0.263. The minimum absolute atomic E-state index is 0.0193. The third-order valence-corrected chi connectivity index (χ3v) is 10.2. The summed E-state index contributed by atoms with van der Waals surface area (Å²) in [5, 5.41) is 26.4. The van der Waals surface area contributed by atoms with Crippen molar-refractivity contribution in [1.29, 1.82) is 0 Å². The van der Waals surface area contributed by atoms with E-state index in [0.29, 0.717) is 85.7 Å². The molecule has 0 aliphatic carbocycles. The van der Waals surface area contributed by atoms with Crippen molar-refractivity contribution < 1.29 is 24.5 Å². The molecule has 2 aliphatic rings. The Kier molecular flexibility index (Phi) is 10.1. The predicted octanol–water partition coefficient (Wildman–Crippen LogP) is 5.18. The van der Waals surface area contributed by atoms with Crippen LogP contribution in [0.15, 0.2) is 76.6 Å². The first kappa shape index (κ1) is 35.9. The van der Waals surface area contributed by atoms with Gasteiger partial charge in [0.1, 0.15) is 17.0 Å². The monoisotopic (exact) mass is 755 g/mol. The lowest BCUT2D eigenvalue weighted by atomic mass is 9.97. The molecule has 13 nitrogen and oxygen atoms in total. The molecule has 0 radical (unpaired) electrons. The number of aliphatic hydroxyl groups excluding tert-OH is 1. The lowest BCUT2D eigenvalue weighted by molar-refractivity contribution is -0.119. The van der Waals surface area contributed by atoms with Crippen LogP contribution in [-0.4, -0.2) is 86.2 Å². The lowest BCUT2D eigenvalue weighted by Gasteiger charge is -2.23. The summed E-state index contributed by atoms with van der Waals surface area (Å²) in [6.07, 6.45) is 0.882. The number of hydrogen-bond acceptors (Lipinski definition) is 9. The van der Waals surface area contributed by atoms with Crippen LogP contribution in [0.4, 0.5) is 4.79 Å². The summed E-state index contributed by atoms with van der Waals surface area (Å²) in [7, 11) is 1.47. The molecule has 7 rings (SSSR count). The van der Waals surface area contributed by atoms with Crippen LogP contribution >= 0.6 is 23.2 Å². The second-order valence-corrected chi connectivity index (χ2v) is 13.7. The van der Waals surface area contributed by atoms with Gasteiger partial charge < -0.3 is 30.5 Å². The molecule has 3 aromatic heterocycles. The Hall–Kier alpha value is -5.50. The lowest BCUT2D eigenvalue weighted by Crippen LogP contribution is -2.42. The van der Waals surface area contributed by atoms with Crippen molar-refractivity contribution in [2.75, 3.05) is 26.7 Å². The van der Waals surface area contributed by atoms with Crippen molar-refractivity contribution >= 4 is 46.7 Å². The number of fused-ring (bicyclic) bond motifs is 1. The SMILES string of the molecule is COc1nc(-c2cccc(-c3cccc(-c4ccn5c(=O)c(C6=NCC(O)CN6)c(C)nc5c4)c3Cl)c2Cl)ccc1CN(C[C@@H]1CCC(=O)N1)C(=O)O. The Labute approximate surface area is 313 Å². The van der Waals surface area contributed by atoms with Gasteiger partial charge in [0.15, 0.2) is 0 Å². The third kappa shape index (κ3) is 7.15. The number of carbonyl (C=O) groups excluding carboxylic acids is 1. The van der Waals surface area contributed by atoms with Crippen molar-refractivity contribution in [3.8, 4) is 39.4 Å². The average Bonchev–Trinajstić information content (AvgIpc) is 3.56. The number of rotatable bonds is 9. The second-order valence-electron chi connectivity index (χ2n) is 12.9. The van der Waals surface area contributed by atoms with Crippen LogP contribution in [0.1, 0.15) is 29.7 Å². The normalized spacial score (nSPS) is 16.9. The van der Waals surface area contributed by atoms with E-state index in [1.54, 1.807) is 37.4 Å². The number of nitrogens with zero attached hydrogens (tertiary/aromatic N) is 5. The number of aromatic nitrogens is 3. The highest BCUT2D eigenvalue weighted by atomic mass is 35.5. The predicted molar refractivity (Wildman–Crippen MR) is 202 cm³/mol. The van der Waals surface area contributed by atoms with Gasteiger partial charge in [0.05, 0.1) is 47.7 Å². The number of ether oxygens (including phenoxy) is 1. The van der Waals surface area contributed by atoms with Gasteiger partial charge in [0.2, 0.25) is 11.8 Å². The van der Waals surface area contributed by atoms with Gasteiger partial charge in [-0.2, -0.15) is 0 Å². The van der Waals surface area contributed by atoms with Gasteiger partial charge in [-0.05, 0) is 43.2 Å². The Morgan fingerprint density at radius 3 is 2.40 bits per heavy atom. The number of amidine groups is 1. The number of halogens is 2. The molecule has 1 unspecified atom stereocenters. The molecule has 2 aromatic carbocycles. The van der Waals surface area contributed by atoms with Gasteiger partial charge in [0.25, 0.3) is 5.56 Å². The average molecular weight is 757 g/mol. The van der Waals surface area contributed by atoms with Gasteiger partial charge in [-0.25, -0.2) is 14.8 Å². The summed E-state index contributed by atoms with van der Waals surface area (Å²) in [6, 6.07) is 18.0. The zero-order valence-electron chi connectivity index (χ0n) is 28.8. The summed E-state index contributed by atoms with van der Waals surface area (Å²) in [5.41, 5.74) is 5.51. The topological polar surface area (TPSA) is 171 Å². The Bertz CT molecular complexity index is 2360. The molecule has 4 N–H and O–H groups in total. The van der Waals surface area contributed by atoms with Crippen LogP contribution in [-0.2, 0) is 11.3 Å². The van der Waals surface area contributed by atoms with Crippen LogP contribution in [0.5, 0.6) is 5.88 Å². The molecule has 2 atom stereocenters. The molecule has 0 saturated carbocycles. The number of β-amino-alcohol motifs (C(OH)–C–C–N with tert-alkyl or cyclic N) is 1. The highest BCUT2D eigenvalue weighted by Gasteiger charge is 2.27. The number of hydrogen-bond donors (Lipinski definition) is 4. The molecule has 272 valence electrons. The van der Waals surface area contributed by atoms with E-state index in [0.717, 1.165) is 5.56 Å². The van der Waals surface area contributed by atoms with Crippen LogP contribution in [0.2, 0.25) is 10.0 Å². The van der Waals surface area contributed by atoms with E-state index in [1.165, 1.54) is 16.4 Å². The third-order valence-electron chi connectivity index (χ3n) is 9.38. The number of benzene rings is 2. The molecule has 5 aromatic rings. The Morgan fingerprint density at radius 2 is 1.74 bits per heavy atom. The highest BCUT2D eigenvalue weighted by molar-refractivity contribution is 6.39. The number of carboxylic acid groups (broad SMARTS) is 1. The first-order valence-corrected chi connectivity index (χ1v) is 17.7. The molecule has 0 bridgehead atoms. The minimum Gasteiger partial charge on any atom is -0.481 e. The molecule has 1 fully saturated rings. The van der Waals surface area contributed by atoms with E-state index in [9.17, 15) is 24.6 Å². The maximum Gasteiger partial charge on any atom is 0.407 e. The standard InChI is InChI=1S/C38H35Cl2N7O6/c1-20-32(35-41-16-24(48)17-42-35)37(50)47-14-13-21(15-30(47)43-20)25-5-3-6-26(33(25)39)27-7-4-8-28(34(27)40)29-11-9-22(36(45-29)53-2)18-46(38(51)52)19-23-10-12-31(49)44-23/h3-9,11,13-15,23-24,48H,10,12,16-19H2,1-2H3,(H,41,42)(H,44,49)(H,51,52)/t23-/m0/s1. The number of aliphatic hydroxyl groups is 1. The summed E-state index contributed by atoms with van der Waals surface area (Å²) < 4.78 is 7.05. The number of amides is 2. The van der Waals surface area contributed by atoms with Crippen molar-refractivity contribution in [3.63, 3.8) is 0 Å². The molecule has 1 saturated heterocycles. The Morgan fingerprint density at radius 1 is 1.02 bits per heavy atom. The van der Waals surface area contributed by atoms with Crippen molar-refractivity contribution in [1.82, 2.24) is 29.9 Å². The minimum atomic E-state index is -1.12. The van der Waals surface area contributed by atoms with E-state index < -0.39 is 12.2 Å². The molecule has 0 spiro atoms. The number of pyridine rings is 2. The molecule has 5 heterocycles. The first-order chi connectivity index (χ1) is 25.5. The number of methoxy groups -OCH3 is 1. The summed E-state index contributed by atoms with van der Waals surface area (Å²) in [5.74, 6) is 0.579. The van der Waals surface area contributed by atoms with E-state index in [2.05, 4.69) is 15.6 Å². The van der Waals surface area contributed by atoms with E-state index in [-0.39, 0.29) is 43.0 Å². The van der Waals surface area contributed by atoms with Gasteiger partial charge in [-0.15, -0.1) is 0 Å². The molecular weight excluding hydrogens is 721 g/mol. The van der Waals surface area contributed by atoms with E-state index >= 15 is 0 Å². The van der Waals surface area contributed by atoms with Crippen molar-refractivity contribution in [2.45, 2.75) is 38.5 Å². The summed E-state index contributed by atoms with van der Waals surface area (Å²) in [4.78, 5) is 52.2. The van der Waals surface area contributed by atoms with E-state index in [1.807, 2.05) is 36.4 Å². The fourth-order valence-corrected chi connectivity index (χ4v) is 7.36. The number of carbonyl (C=O) groups is 2. The van der Waals surface area contributed by atoms with Crippen LogP contribution < -0.4 is 20.9 Å². The molecular formula is C38H35Cl2N7O6. The van der Waals surface area contributed by atoms with Gasteiger partial charge in [-0.3, -0.25) is 19.0 Å². The summed E-state index contributed by atoms with van der Waals surface area (Å²) in [6.45, 7) is 2.43. The maximum absolute atomic E-state index is 13.5.